The fourth-order valence-corrected chi connectivity index (χ4v) is 4.63. The number of nitrogens with one attached hydrogen (secondary N) is 2. The molecule has 0 aliphatic carbocycles. The van der Waals surface area contributed by atoms with Gasteiger partial charge in [0.1, 0.15) is 5.75 Å². The van der Waals surface area contributed by atoms with Crippen molar-refractivity contribution in [2.45, 2.75) is 39.7 Å². The van der Waals surface area contributed by atoms with E-state index in [9.17, 15) is 4.79 Å². The average molecular weight is 479 g/mol. The molecule has 3 aromatic rings. The monoisotopic (exact) mass is 478 g/mol. The van der Waals surface area contributed by atoms with Crippen LogP contribution < -0.4 is 15.6 Å². The van der Waals surface area contributed by atoms with Gasteiger partial charge in [-0.05, 0) is 93.5 Å². The van der Waals surface area contributed by atoms with Crippen LogP contribution in [0.2, 0.25) is 0 Å². The molecule has 2 aromatic carbocycles. The number of likely N-dealkylation sites (tertiary alicyclic amines) is 1. The quantitative estimate of drug-likeness (QED) is 0.432. The van der Waals surface area contributed by atoms with Crippen LogP contribution in [0.5, 0.6) is 5.75 Å². The van der Waals surface area contributed by atoms with E-state index in [1.807, 2.05) is 31.2 Å². The van der Waals surface area contributed by atoms with Crippen molar-refractivity contribution in [2.24, 2.45) is 0 Å². The van der Waals surface area contributed by atoms with Gasteiger partial charge in [0.05, 0.1) is 13.2 Å². The number of H-pyrrole nitrogens is 1. The first-order chi connectivity index (χ1) is 16.6. The SMILES string of the molecule is CCOc1ccc2[nH]c(=O)c(CN(CCN3CCCC3)C(=S)Nc3ccc(CC)cc3)cc2c1. The van der Waals surface area contributed by atoms with Crippen molar-refractivity contribution < 1.29 is 4.74 Å². The lowest BCUT2D eigenvalue weighted by molar-refractivity contribution is 0.289. The van der Waals surface area contributed by atoms with E-state index in [1.54, 1.807) is 0 Å². The maximum atomic E-state index is 12.9. The summed E-state index contributed by atoms with van der Waals surface area (Å²) in [4.78, 5) is 20.5. The second kappa shape index (κ2) is 11.5. The Labute approximate surface area is 206 Å². The molecule has 4 rings (SSSR count). The summed E-state index contributed by atoms with van der Waals surface area (Å²) in [6.45, 7) is 9.09. The predicted octanol–water partition coefficient (Wildman–Crippen LogP) is 4.78. The molecule has 1 fully saturated rings. The summed E-state index contributed by atoms with van der Waals surface area (Å²) in [7, 11) is 0. The Hall–Kier alpha value is -2.90. The van der Waals surface area contributed by atoms with Crippen molar-refractivity contribution in [1.29, 1.82) is 0 Å². The van der Waals surface area contributed by atoms with E-state index in [0.29, 0.717) is 23.8 Å². The van der Waals surface area contributed by atoms with E-state index in [1.165, 1.54) is 18.4 Å². The van der Waals surface area contributed by atoms with Crippen molar-refractivity contribution in [3.8, 4) is 5.75 Å². The van der Waals surface area contributed by atoms with Gasteiger partial charge in [-0.3, -0.25) is 4.79 Å². The third-order valence-corrected chi connectivity index (χ3v) is 6.71. The van der Waals surface area contributed by atoms with Crippen molar-refractivity contribution in [3.63, 3.8) is 0 Å². The van der Waals surface area contributed by atoms with E-state index in [4.69, 9.17) is 17.0 Å². The summed E-state index contributed by atoms with van der Waals surface area (Å²) in [5, 5.41) is 4.96. The highest BCUT2D eigenvalue weighted by molar-refractivity contribution is 7.80. The largest absolute Gasteiger partial charge is 0.494 e. The highest BCUT2D eigenvalue weighted by Crippen LogP contribution is 2.20. The molecule has 0 spiro atoms. The van der Waals surface area contributed by atoms with E-state index in [-0.39, 0.29) is 5.56 Å². The number of anilines is 1. The van der Waals surface area contributed by atoms with Crippen LogP contribution in [0.3, 0.4) is 0 Å². The Kier molecular flexibility index (Phi) is 8.19. The van der Waals surface area contributed by atoms with Crippen LogP contribution in [0.4, 0.5) is 5.69 Å². The molecular weight excluding hydrogens is 444 g/mol. The summed E-state index contributed by atoms with van der Waals surface area (Å²) < 4.78 is 5.64. The Bertz CT molecular complexity index is 1170. The number of aromatic nitrogens is 1. The molecule has 0 radical (unpaired) electrons. The normalized spacial score (nSPS) is 13.8. The van der Waals surface area contributed by atoms with E-state index in [0.717, 1.165) is 54.9 Å². The van der Waals surface area contributed by atoms with Gasteiger partial charge in [0, 0.05) is 35.2 Å². The first-order valence-corrected chi connectivity index (χ1v) is 12.6. The lowest BCUT2D eigenvalue weighted by Gasteiger charge is -2.28. The molecule has 0 saturated carbocycles. The zero-order valence-corrected chi connectivity index (χ0v) is 20.9. The van der Waals surface area contributed by atoms with Crippen LogP contribution in [0.1, 0.15) is 37.8 Å². The predicted molar refractivity (Wildman–Crippen MR) is 144 cm³/mol. The second-order valence-corrected chi connectivity index (χ2v) is 9.14. The molecule has 6 nitrogen and oxygen atoms in total. The molecule has 2 heterocycles. The Morgan fingerprint density at radius 3 is 2.59 bits per heavy atom. The van der Waals surface area contributed by atoms with Crippen molar-refractivity contribution >= 4 is 33.9 Å². The highest BCUT2D eigenvalue weighted by atomic mass is 32.1. The maximum Gasteiger partial charge on any atom is 0.253 e. The van der Waals surface area contributed by atoms with Crippen molar-refractivity contribution in [3.05, 3.63) is 70.0 Å². The fourth-order valence-electron chi connectivity index (χ4n) is 4.36. The van der Waals surface area contributed by atoms with Crippen LogP contribution >= 0.6 is 12.2 Å². The molecule has 1 aliphatic rings. The third-order valence-electron chi connectivity index (χ3n) is 6.35. The summed E-state index contributed by atoms with van der Waals surface area (Å²) in [5.41, 5.74) is 3.65. The smallest absolute Gasteiger partial charge is 0.253 e. The highest BCUT2D eigenvalue weighted by Gasteiger charge is 2.17. The minimum atomic E-state index is -0.0852. The summed E-state index contributed by atoms with van der Waals surface area (Å²) in [6, 6.07) is 16.0. The van der Waals surface area contributed by atoms with Crippen molar-refractivity contribution in [1.82, 2.24) is 14.8 Å². The average Bonchev–Trinajstić information content (AvgIpc) is 3.36. The van der Waals surface area contributed by atoms with Crippen LogP contribution in [0.25, 0.3) is 10.9 Å². The molecule has 0 atom stereocenters. The Morgan fingerprint density at radius 1 is 1.12 bits per heavy atom. The summed E-state index contributed by atoms with van der Waals surface area (Å²) in [5.74, 6) is 0.798. The number of aromatic amines is 1. The van der Waals surface area contributed by atoms with Crippen LogP contribution in [0.15, 0.2) is 53.3 Å². The topological polar surface area (TPSA) is 60.6 Å². The standard InChI is InChI=1S/C27H34N4O2S/c1-3-20-7-9-23(10-8-20)28-27(34)31(16-15-30-13-5-6-14-30)19-22-17-21-18-24(33-4-2)11-12-25(21)29-26(22)32/h7-12,17-18H,3-6,13-16,19H2,1-2H3,(H,28,34)(H,29,32). The first kappa shape index (κ1) is 24.2. The molecule has 180 valence electrons. The maximum absolute atomic E-state index is 12.9. The van der Waals surface area contributed by atoms with E-state index < -0.39 is 0 Å². The molecule has 0 bridgehead atoms. The lowest BCUT2D eigenvalue weighted by Crippen LogP contribution is -2.40. The number of benzene rings is 2. The van der Waals surface area contributed by atoms with Gasteiger partial charge in [-0.25, -0.2) is 0 Å². The Balaban J connectivity index is 1.55. The minimum absolute atomic E-state index is 0.0852. The number of aryl methyl sites for hydroxylation is 1. The summed E-state index contributed by atoms with van der Waals surface area (Å²) in [6.07, 6.45) is 3.50. The van der Waals surface area contributed by atoms with Crippen LogP contribution in [0, 0.1) is 0 Å². The zero-order valence-electron chi connectivity index (χ0n) is 20.1. The molecule has 2 N–H and O–H groups in total. The number of pyridine rings is 1. The van der Waals surface area contributed by atoms with E-state index in [2.05, 4.69) is 51.3 Å². The molecule has 1 saturated heterocycles. The van der Waals surface area contributed by atoms with Gasteiger partial charge in [0.25, 0.3) is 5.56 Å². The molecule has 0 amide bonds. The Morgan fingerprint density at radius 2 is 1.88 bits per heavy atom. The van der Waals surface area contributed by atoms with Gasteiger partial charge in [-0.15, -0.1) is 0 Å². The van der Waals surface area contributed by atoms with Crippen molar-refractivity contribution in [2.75, 3.05) is 38.1 Å². The molecular formula is C27H34N4O2S. The number of rotatable bonds is 9. The van der Waals surface area contributed by atoms with Gasteiger partial charge < -0.3 is 24.8 Å². The minimum Gasteiger partial charge on any atom is -0.494 e. The molecule has 1 aliphatic heterocycles. The van der Waals surface area contributed by atoms with Gasteiger partial charge in [-0.2, -0.15) is 0 Å². The summed E-state index contributed by atoms with van der Waals surface area (Å²) >= 11 is 5.82. The number of nitrogens with zero attached hydrogens (tertiary/aromatic N) is 2. The second-order valence-electron chi connectivity index (χ2n) is 8.76. The number of fused-ring (bicyclic) bond motifs is 1. The van der Waals surface area contributed by atoms with Crippen LogP contribution in [-0.2, 0) is 13.0 Å². The molecule has 1 aromatic heterocycles. The third kappa shape index (κ3) is 6.15. The van der Waals surface area contributed by atoms with Gasteiger partial charge in [0.15, 0.2) is 5.11 Å². The zero-order chi connectivity index (χ0) is 23.9. The van der Waals surface area contributed by atoms with Gasteiger partial charge in [-0.1, -0.05) is 19.1 Å². The van der Waals surface area contributed by atoms with E-state index >= 15 is 0 Å². The number of ether oxygens (including phenoxy) is 1. The first-order valence-electron chi connectivity index (χ1n) is 12.2. The fraction of sp³-hybridized carbons (Fsp3) is 0.407. The van der Waals surface area contributed by atoms with Gasteiger partial charge in [0.2, 0.25) is 0 Å². The molecule has 0 unspecified atom stereocenters. The number of hydrogen-bond acceptors (Lipinski definition) is 4. The number of hydrogen-bond donors (Lipinski definition) is 2. The lowest BCUT2D eigenvalue weighted by atomic mass is 10.1. The number of thiocarbonyl (C=S) groups is 1. The van der Waals surface area contributed by atoms with Gasteiger partial charge >= 0.3 is 0 Å². The van der Waals surface area contributed by atoms with Crippen LogP contribution in [-0.4, -0.2) is 52.7 Å². The molecule has 34 heavy (non-hydrogen) atoms. The molecule has 7 heteroatoms.